The molecular formula is C20H16F3N3O5S. The Morgan fingerprint density at radius 3 is 2.53 bits per heavy atom. The minimum absolute atomic E-state index is 0.0134. The van der Waals surface area contributed by atoms with Crippen molar-refractivity contribution in [1.29, 1.82) is 0 Å². The first-order valence-corrected chi connectivity index (χ1v) is 10.2. The van der Waals surface area contributed by atoms with E-state index in [9.17, 15) is 38.3 Å². The van der Waals surface area contributed by atoms with Crippen LogP contribution in [0.3, 0.4) is 0 Å². The molecular weight excluding hydrogens is 451 g/mol. The molecule has 0 saturated carbocycles. The van der Waals surface area contributed by atoms with E-state index in [0.717, 1.165) is 0 Å². The molecule has 168 valence electrons. The highest BCUT2D eigenvalue weighted by Gasteiger charge is 2.43. The lowest BCUT2D eigenvalue weighted by Crippen LogP contribution is -2.53. The van der Waals surface area contributed by atoms with Crippen LogP contribution in [0.5, 0.6) is 0 Å². The van der Waals surface area contributed by atoms with E-state index in [4.69, 9.17) is 0 Å². The number of anilines is 1. The van der Waals surface area contributed by atoms with Gasteiger partial charge >= 0.3 is 6.18 Å². The first-order valence-electron chi connectivity index (χ1n) is 9.42. The molecule has 1 saturated heterocycles. The Hall–Kier alpha value is -3.09. The second kappa shape index (κ2) is 7.80. The van der Waals surface area contributed by atoms with Gasteiger partial charge in [0.15, 0.2) is 5.13 Å². The van der Waals surface area contributed by atoms with Gasteiger partial charge in [-0.1, -0.05) is 41.7 Å². The SMILES string of the molecule is O=c1nc(N2CC[C@](O)(c3ccccc3)[C@@H](O)C2)sc2c([N+](=O)[O-])cc(C(F)(F)F)cc12. The van der Waals surface area contributed by atoms with Gasteiger partial charge in [-0.05, 0) is 11.6 Å². The van der Waals surface area contributed by atoms with Crippen LogP contribution in [-0.4, -0.2) is 39.3 Å². The summed E-state index contributed by atoms with van der Waals surface area (Å²) in [5, 5.41) is 32.5. The minimum Gasteiger partial charge on any atom is -0.388 e. The quantitative estimate of drug-likeness (QED) is 0.449. The number of fused-ring (bicyclic) bond motifs is 1. The largest absolute Gasteiger partial charge is 0.416 e. The van der Waals surface area contributed by atoms with E-state index >= 15 is 0 Å². The molecule has 0 radical (unpaired) electrons. The Kier molecular flexibility index (Phi) is 5.39. The Labute approximate surface area is 182 Å². The molecule has 1 aliphatic rings. The maximum Gasteiger partial charge on any atom is 0.416 e. The van der Waals surface area contributed by atoms with E-state index in [2.05, 4.69) is 4.98 Å². The number of alkyl halides is 3. The summed E-state index contributed by atoms with van der Waals surface area (Å²) in [5.74, 6) is 0. The minimum atomic E-state index is -4.87. The molecule has 12 heteroatoms. The summed E-state index contributed by atoms with van der Waals surface area (Å²) >= 11 is 0.693. The molecule has 3 aromatic rings. The molecule has 0 aliphatic carbocycles. The number of β-amino-alcohol motifs (C(OH)–C–C–N with tert-alkyl or cyclic N) is 1. The second-order valence-electron chi connectivity index (χ2n) is 7.43. The van der Waals surface area contributed by atoms with Crippen LogP contribution >= 0.6 is 11.3 Å². The lowest BCUT2D eigenvalue weighted by atomic mass is 9.82. The van der Waals surface area contributed by atoms with Gasteiger partial charge < -0.3 is 15.1 Å². The number of piperidine rings is 1. The number of non-ortho nitro benzene ring substituents is 1. The first-order chi connectivity index (χ1) is 15.0. The van der Waals surface area contributed by atoms with E-state index < -0.39 is 45.0 Å². The Balaban J connectivity index is 1.74. The van der Waals surface area contributed by atoms with Crippen molar-refractivity contribution in [3.8, 4) is 0 Å². The molecule has 8 nitrogen and oxygen atoms in total. The lowest BCUT2D eigenvalue weighted by molar-refractivity contribution is -0.383. The molecule has 2 N–H and O–H groups in total. The number of rotatable bonds is 3. The van der Waals surface area contributed by atoms with Gasteiger partial charge in [0.1, 0.15) is 16.4 Å². The van der Waals surface area contributed by atoms with E-state index in [-0.39, 0.29) is 29.3 Å². The summed E-state index contributed by atoms with van der Waals surface area (Å²) in [6.07, 6.45) is -6.05. The summed E-state index contributed by atoms with van der Waals surface area (Å²) in [6.45, 7) is 0.0274. The van der Waals surface area contributed by atoms with Crippen molar-refractivity contribution in [2.75, 3.05) is 18.0 Å². The zero-order chi connectivity index (χ0) is 23.3. The number of benzene rings is 2. The number of hydrogen-bond acceptors (Lipinski definition) is 8. The van der Waals surface area contributed by atoms with E-state index in [1.54, 1.807) is 30.3 Å². The van der Waals surface area contributed by atoms with Crippen molar-refractivity contribution in [1.82, 2.24) is 4.98 Å². The van der Waals surface area contributed by atoms with Gasteiger partial charge in [-0.3, -0.25) is 14.9 Å². The van der Waals surface area contributed by atoms with E-state index in [1.807, 2.05) is 0 Å². The Morgan fingerprint density at radius 2 is 1.94 bits per heavy atom. The highest BCUT2D eigenvalue weighted by atomic mass is 32.1. The zero-order valence-corrected chi connectivity index (χ0v) is 17.1. The van der Waals surface area contributed by atoms with E-state index in [0.29, 0.717) is 29.0 Å². The van der Waals surface area contributed by atoms with Gasteiger partial charge in [0.2, 0.25) is 0 Å². The van der Waals surface area contributed by atoms with Crippen LogP contribution in [0.1, 0.15) is 17.5 Å². The van der Waals surface area contributed by atoms with Crippen molar-refractivity contribution >= 4 is 32.2 Å². The molecule has 0 amide bonds. The van der Waals surface area contributed by atoms with Crippen LogP contribution in [0.4, 0.5) is 24.0 Å². The number of halogens is 3. The van der Waals surface area contributed by atoms with Gasteiger partial charge in [-0.2, -0.15) is 18.2 Å². The molecule has 2 aromatic carbocycles. The highest BCUT2D eigenvalue weighted by Crippen LogP contribution is 2.40. The number of aliphatic hydroxyl groups excluding tert-OH is 1. The van der Waals surface area contributed by atoms with Crippen molar-refractivity contribution in [2.45, 2.75) is 24.3 Å². The summed E-state index contributed by atoms with van der Waals surface area (Å²) in [6, 6.07) is 9.50. The maximum absolute atomic E-state index is 13.1. The monoisotopic (exact) mass is 467 g/mol. The number of aromatic nitrogens is 1. The van der Waals surface area contributed by atoms with Crippen molar-refractivity contribution in [3.05, 3.63) is 74.1 Å². The molecule has 1 aliphatic heterocycles. The second-order valence-corrected chi connectivity index (χ2v) is 8.41. The van der Waals surface area contributed by atoms with Crippen molar-refractivity contribution < 1.29 is 28.3 Å². The van der Waals surface area contributed by atoms with Gasteiger partial charge in [0, 0.05) is 25.6 Å². The van der Waals surface area contributed by atoms with Gasteiger partial charge in [-0.15, -0.1) is 0 Å². The zero-order valence-electron chi connectivity index (χ0n) is 16.2. The predicted octanol–water partition coefficient (Wildman–Crippen LogP) is 3.04. The van der Waals surface area contributed by atoms with Crippen LogP contribution in [0.25, 0.3) is 10.1 Å². The summed E-state index contributed by atoms with van der Waals surface area (Å²) in [5.41, 5.74) is -4.22. The van der Waals surface area contributed by atoms with Crippen LogP contribution in [-0.2, 0) is 11.8 Å². The fourth-order valence-electron chi connectivity index (χ4n) is 3.74. The van der Waals surface area contributed by atoms with Gasteiger partial charge in [-0.25, -0.2) is 0 Å². The standard InChI is InChI=1S/C20H16F3N3O5S/c21-20(22,23)12-8-13-16(14(9-12)26(30)31)32-18(24-17(13)28)25-7-6-19(29,15(27)10-25)11-4-2-1-3-5-11/h1-5,8-9,15,27,29H,6-7,10H2/t15-,19-/m0/s1. The lowest BCUT2D eigenvalue weighted by Gasteiger charge is -2.42. The number of nitro groups is 1. The van der Waals surface area contributed by atoms with Gasteiger partial charge in [0.05, 0.1) is 15.9 Å². The summed E-state index contributed by atoms with van der Waals surface area (Å²) < 4.78 is 39.1. The number of nitrogens with zero attached hydrogens (tertiary/aromatic N) is 3. The maximum atomic E-state index is 13.1. The number of aliphatic hydroxyl groups is 2. The Bertz CT molecular complexity index is 1250. The molecule has 1 aromatic heterocycles. The molecule has 2 atom stereocenters. The topological polar surface area (TPSA) is 117 Å². The molecule has 4 rings (SSSR count). The molecule has 0 unspecified atom stereocenters. The third-order valence-electron chi connectivity index (χ3n) is 5.47. The molecule has 2 heterocycles. The average Bonchev–Trinajstić information content (AvgIpc) is 2.74. The smallest absolute Gasteiger partial charge is 0.388 e. The van der Waals surface area contributed by atoms with E-state index in [1.165, 1.54) is 4.90 Å². The fourth-order valence-corrected chi connectivity index (χ4v) is 4.84. The van der Waals surface area contributed by atoms with Crippen molar-refractivity contribution in [3.63, 3.8) is 0 Å². The van der Waals surface area contributed by atoms with Crippen LogP contribution in [0, 0.1) is 10.1 Å². The number of hydrogen-bond donors (Lipinski definition) is 2. The fraction of sp³-hybridized carbons (Fsp3) is 0.300. The van der Waals surface area contributed by atoms with Gasteiger partial charge in [0.25, 0.3) is 11.2 Å². The van der Waals surface area contributed by atoms with Crippen molar-refractivity contribution in [2.24, 2.45) is 0 Å². The van der Waals surface area contributed by atoms with Crippen LogP contribution < -0.4 is 10.5 Å². The summed E-state index contributed by atoms with van der Waals surface area (Å²) in [4.78, 5) is 28.2. The van der Waals surface area contributed by atoms with Crippen LogP contribution in [0.15, 0.2) is 47.3 Å². The first kappa shape index (κ1) is 22.1. The Morgan fingerprint density at radius 1 is 1.25 bits per heavy atom. The third kappa shape index (κ3) is 3.80. The highest BCUT2D eigenvalue weighted by molar-refractivity contribution is 7.22. The predicted molar refractivity (Wildman–Crippen MR) is 111 cm³/mol. The molecule has 0 bridgehead atoms. The average molecular weight is 467 g/mol. The summed E-state index contributed by atoms with van der Waals surface area (Å²) in [7, 11) is 0. The number of nitro benzene ring substituents is 1. The molecule has 1 fully saturated rings. The molecule has 32 heavy (non-hydrogen) atoms. The third-order valence-corrected chi connectivity index (χ3v) is 6.63. The van der Waals surface area contributed by atoms with Crippen LogP contribution in [0.2, 0.25) is 0 Å². The molecule has 0 spiro atoms. The normalized spacial score (nSPS) is 21.7.